The SMILES string of the molecule is CCOC(=O)C1CC[NH+](CC(=O)N[C@@H]2CCCc3ccccc32)CC1. The predicted molar refractivity (Wildman–Crippen MR) is 95.2 cm³/mol. The van der Waals surface area contributed by atoms with Gasteiger partial charge in [0, 0.05) is 12.8 Å². The molecule has 2 N–H and O–H groups in total. The van der Waals surface area contributed by atoms with E-state index in [1.54, 1.807) is 0 Å². The van der Waals surface area contributed by atoms with Crippen LogP contribution in [0.4, 0.5) is 0 Å². The molecule has 0 unspecified atom stereocenters. The van der Waals surface area contributed by atoms with E-state index >= 15 is 0 Å². The van der Waals surface area contributed by atoms with Crippen LogP contribution in [0.5, 0.6) is 0 Å². The molecule has 1 fully saturated rings. The number of likely N-dealkylation sites (tertiary alicyclic amines) is 1. The lowest BCUT2D eigenvalue weighted by Crippen LogP contribution is -3.14. The van der Waals surface area contributed by atoms with Gasteiger partial charge in [-0.3, -0.25) is 9.59 Å². The van der Waals surface area contributed by atoms with Gasteiger partial charge >= 0.3 is 5.97 Å². The number of hydrogen-bond acceptors (Lipinski definition) is 3. The highest BCUT2D eigenvalue weighted by Crippen LogP contribution is 2.29. The summed E-state index contributed by atoms with van der Waals surface area (Å²) in [6.45, 7) is 4.49. The Hall–Kier alpha value is -1.88. The lowest BCUT2D eigenvalue weighted by molar-refractivity contribution is -0.897. The summed E-state index contributed by atoms with van der Waals surface area (Å²) < 4.78 is 5.10. The minimum absolute atomic E-state index is 0.0111. The minimum atomic E-state index is -0.0789. The maximum absolute atomic E-state index is 12.5. The van der Waals surface area contributed by atoms with E-state index in [9.17, 15) is 9.59 Å². The smallest absolute Gasteiger partial charge is 0.309 e. The molecular formula is C20H29N2O3+. The van der Waals surface area contributed by atoms with Crippen LogP contribution in [0.1, 0.15) is 49.8 Å². The van der Waals surface area contributed by atoms with Gasteiger partial charge in [0.25, 0.3) is 5.91 Å². The first kappa shape index (κ1) is 17.9. The van der Waals surface area contributed by atoms with Crippen molar-refractivity contribution in [1.29, 1.82) is 0 Å². The van der Waals surface area contributed by atoms with E-state index in [0.717, 1.165) is 45.2 Å². The number of nitrogens with one attached hydrogen (secondary N) is 2. The molecule has 25 heavy (non-hydrogen) atoms. The van der Waals surface area contributed by atoms with Gasteiger partial charge in [-0.2, -0.15) is 0 Å². The van der Waals surface area contributed by atoms with Gasteiger partial charge in [-0.15, -0.1) is 0 Å². The number of hydrogen-bond donors (Lipinski definition) is 2. The highest BCUT2D eigenvalue weighted by Gasteiger charge is 2.30. The Morgan fingerprint density at radius 2 is 1.96 bits per heavy atom. The van der Waals surface area contributed by atoms with E-state index in [0.29, 0.717) is 13.2 Å². The summed E-state index contributed by atoms with van der Waals surface area (Å²) in [5.41, 5.74) is 2.64. The molecule has 2 aliphatic rings. The summed E-state index contributed by atoms with van der Waals surface area (Å²) in [4.78, 5) is 25.5. The normalized spacial score (nSPS) is 25.7. The van der Waals surface area contributed by atoms with Gasteiger partial charge in [-0.05, 0) is 37.3 Å². The third kappa shape index (κ3) is 4.60. The highest BCUT2D eigenvalue weighted by molar-refractivity contribution is 5.77. The van der Waals surface area contributed by atoms with Crippen molar-refractivity contribution in [2.45, 2.75) is 45.1 Å². The van der Waals surface area contributed by atoms with E-state index in [1.165, 1.54) is 16.0 Å². The van der Waals surface area contributed by atoms with Crippen LogP contribution in [0.15, 0.2) is 24.3 Å². The molecule has 1 amide bonds. The number of ether oxygens (including phenoxy) is 1. The van der Waals surface area contributed by atoms with Gasteiger partial charge in [0.2, 0.25) is 0 Å². The molecule has 0 saturated carbocycles. The van der Waals surface area contributed by atoms with Crippen LogP contribution in [0, 0.1) is 5.92 Å². The van der Waals surface area contributed by atoms with Gasteiger partial charge < -0.3 is 15.0 Å². The first-order valence-corrected chi connectivity index (χ1v) is 9.54. The molecule has 1 heterocycles. The van der Waals surface area contributed by atoms with Gasteiger partial charge in [-0.25, -0.2) is 0 Å². The Bertz CT molecular complexity index is 609. The molecule has 1 atom stereocenters. The number of piperidine rings is 1. The van der Waals surface area contributed by atoms with Gasteiger partial charge in [-0.1, -0.05) is 24.3 Å². The lowest BCUT2D eigenvalue weighted by atomic mass is 9.88. The molecule has 5 heteroatoms. The number of fused-ring (bicyclic) bond motifs is 1. The molecule has 0 spiro atoms. The second-order valence-electron chi connectivity index (χ2n) is 7.16. The Morgan fingerprint density at radius 1 is 1.20 bits per heavy atom. The fraction of sp³-hybridized carbons (Fsp3) is 0.600. The van der Waals surface area contributed by atoms with Crippen LogP contribution in [0.25, 0.3) is 0 Å². The van der Waals surface area contributed by atoms with Gasteiger partial charge in [0.15, 0.2) is 6.54 Å². The molecule has 1 aliphatic heterocycles. The Balaban J connectivity index is 1.47. The minimum Gasteiger partial charge on any atom is -0.466 e. The van der Waals surface area contributed by atoms with E-state index in [-0.39, 0.29) is 23.8 Å². The van der Waals surface area contributed by atoms with Crippen molar-refractivity contribution < 1.29 is 19.2 Å². The van der Waals surface area contributed by atoms with Crippen molar-refractivity contribution in [3.63, 3.8) is 0 Å². The standard InChI is InChI=1S/C20H28N2O3/c1-2-25-20(24)16-10-12-22(13-11-16)14-19(23)21-18-9-5-7-15-6-3-4-8-17(15)18/h3-4,6,8,16,18H,2,5,7,9-14H2,1H3,(H,21,23)/p+1/t18-/m1/s1. The average molecular weight is 345 g/mol. The Morgan fingerprint density at radius 3 is 2.72 bits per heavy atom. The number of carbonyl (C=O) groups is 2. The molecule has 1 saturated heterocycles. The van der Waals surface area contributed by atoms with E-state index in [4.69, 9.17) is 4.74 Å². The zero-order valence-corrected chi connectivity index (χ0v) is 15.1. The number of quaternary nitrogens is 1. The fourth-order valence-electron chi connectivity index (χ4n) is 4.07. The van der Waals surface area contributed by atoms with E-state index < -0.39 is 0 Å². The van der Waals surface area contributed by atoms with Crippen LogP contribution in [0.3, 0.4) is 0 Å². The van der Waals surface area contributed by atoms with Crippen molar-refractivity contribution in [2.75, 3.05) is 26.2 Å². The molecule has 1 aromatic rings. The summed E-state index contributed by atoms with van der Waals surface area (Å²) in [5.74, 6) is 0.0492. The van der Waals surface area contributed by atoms with Crippen molar-refractivity contribution in [2.24, 2.45) is 5.92 Å². The summed E-state index contributed by atoms with van der Waals surface area (Å²) in [5, 5.41) is 3.23. The topological polar surface area (TPSA) is 59.8 Å². The van der Waals surface area contributed by atoms with Gasteiger partial charge in [0.1, 0.15) is 0 Å². The third-order valence-corrected chi connectivity index (χ3v) is 5.43. The summed E-state index contributed by atoms with van der Waals surface area (Å²) in [6.07, 6.45) is 4.87. The largest absolute Gasteiger partial charge is 0.466 e. The Labute approximate surface area is 149 Å². The van der Waals surface area contributed by atoms with Crippen molar-refractivity contribution in [3.05, 3.63) is 35.4 Å². The molecule has 3 rings (SSSR count). The molecule has 0 aromatic heterocycles. The van der Waals surface area contributed by atoms with Crippen LogP contribution < -0.4 is 10.2 Å². The van der Waals surface area contributed by atoms with Crippen molar-refractivity contribution in [3.8, 4) is 0 Å². The zero-order valence-electron chi connectivity index (χ0n) is 15.1. The monoisotopic (exact) mass is 345 g/mol. The van der Waals surface area contributed by atoms with Crippen molar-refractivity contribution >= 4 is 11.9 Å². The predicted octanol–water partition coefficient (Wildman–Crippen LogP) is 1.04. The molecule has 136 valence electrons. The second-order valence-corrected chi connectivity index (χ2v) is 7.16. The number of carbonyl (C=O) groups excluding carboxylic acids is 2. The average Bonchev–Trinajstić information content (AvgIpc) is 2.63. The van der Waals surface area contributed by atoms with Crippen LogP contribution in [-0.4, -0.2) is 38.1 Å². The van der Waals surface area contributed by atoms with E-state index in [1.807, 2.05) is 6.92 Å². The maximum Gasteiger partial charge on any atom is 0.309 e. The molecule has 5 nitrogen and oxygen atoms in total. The van der Waals surface area contributed by atoms with Crippen LogP contribution >= 0.6 is 0 Å². The number of rotatable bonds is 5. The first-order valence-electron chi connectivity index (χ1n) is 9.54. The quantitative estimate of drug-likeness (QED) is 0.784. The molecule has 1 aliphatic carbocycles. The van der Waals surface area contributed by atoms with Crippen LogP contribution in [-0.2, 0) is 20.7 Å². The molecule has 0 radical (unpaired) electrons. The third-order valence-electron chi connectivity index (χ3n) is 5.43. The fourth-order valence-corrected chi connectivity index (χ4v) is 4.07. The molecule has 1 aromatic carbocycles. The molecule has 0 bridgehead atoms. The first-order chi connectivity index (χ1) is 12.2. The highest BCUT2D eigenvalue weighted by atomic mass is 16.5. The van der Waals surface area contributed by atoms with E-state index in [2.05, 4.69) is 29.6 Å². The number of aryl methyl sites for hydroxylation is 1. The Kier molecular flexibility index (Phi) is 6.08. The maximum atomic E-state index is 12.5. The van der Waals surface area contributed by atoms with Gasteiger partial charge in [0.05, 0.1) is 31.7 Å². The summed E-state index contributed by atoms with van der Waals surface area (Å²) in [7, 11) is 0. The molecular weight excluding hydrogens is 316 g/mol. The zero-order chi connectivity index (χ0) is 17.6. The van der Waals surface area contributed by atoms with Crippen molar-refractivity contribution in [1.82, 2.24) is 5.32 Å². The lowest BCUT2D eigenvalue weighted by Gasteiger charge is -2.29. The second kappa shape index (κ2) is 8.48. The summed E-state index contributed by atoms with van der Waals surface area (Å²) in [6, 6.07) is 8.57. The number of esters is 1. The van der Waals surface area contributed by atoms with Crippen LogP contribution in [0.2, 0.25) is 0 Å². The number of benzene rings is 1. The number of amides is 1. The summed E-state index contributed by atoms with van der Waals surface area (Å²) >= 11 is 0.